The van der Waals surface area contributed by atoms with E-state index in [0.717, 1.165) is 32.0 Å². The molecule has 29 heavy (non-hydrogen) atoms. The highest BCUT2D eigenvalue weighted by atomic mass is 35.5. The van der Waals surface area contributed by atoms with Crippen molar-refractivity contribution >= 4 is 38.8 Å². The second kappa shape index (κ2) is 8.31. The summed E-state index contributed by atoms with van der Waals surface area (Å²) < 4.78 is 27.5. The molecule has 2 heterocycles. The van der Waals surface area contributed by atoms with Gasteiger partial charge in [0.2, 0.25) is 0 Å². The summed E-state index contributed by atoms with van der Waals surface area (Å²) in [6.45, 7) is 3.54. The maximum Gasteiger partial charge on any atom is 0.261 e. The molecule has 0 bridgehead atoms. The van der Waals surface area contributed by atoms with Crippen LogP contribution in [0, 0.1) is 0 Å². The first-order valence-electron chi connectivity index (χ1n) is 9.31. The Morgan fingerprint density at radius 2 is 1.48 bits per heavy atom. The number of anilines is 3. The van der Waals surface area contributed by atoms with Crippen molar-refractivity contribution < 1.29 is 8.42 Å². The Morgan fingerprint density at radius 3 is 2.10 bits per heavy atom. The fourth-order valence-corrected chi connectivity index (χ4v) is 4.46. The zero-order chi connectivity index (χ0) is 20.3. The zero-order valence-corrected chi connectivity index (χ0v) is 17.3. The predicted octanol–water partition coefficient (Wildman–Crippen LogP) is 3.86. The van der Waals surface area contributed by atoms with Gasteiger partial charge in [-0.2, -0.15) is 0 Å². The molecule has 0 aliphatic carbocycles. The van der Waals surface area contributed by atoms with Crippen molar-refractivity contribution in [2.75, 3.05) is 40.7 Å². The van der Waals surface area contributed by atoms with E-state index in [1.54, 1.807) is 24.4 Å². The van der Waals surface area contributed by atoms with Crippen LogP contribution in [0.1, 0.15) is 0 Å². The van der Waals surface area contributed by atoms with E-state index in [1.165, 1.54) is 17.8 Å². The number of nitrogens with one attached hydrogen (secondary N) is 1. The molecule has 4 rings (SSSR count). The molecule has 2 aromatic carbocycles. The monoisotopic (exact) mass is 428 g/mol. The van der Waals surface area contributed by atoms with Crippen molar-refractivity contribution in [1.29, 1.82) is 0 Å². The highest BCUT2D eigenvalue weighted by Crippen LogP contribution is 2.22. The second-order valence-corrected chi connectivity index (χ2v) is 8.89. The van der Waals surface area contributed by atoms with Crippen molar-refractivity contribution in [3.05, 3.63) is 77.9 Å². The minimum Gasteiger partial charge on any atom is -0.368 e. The lowest BCUT2D eigenvalue weighted by Crippen LogP contribution is -2.46. The van der Waals surface area contributed by atoms with E-state index < -0.39 is 10.0 Å². The third-order valence-corrected chi connectivity index (χ3v) is 6.50. The quantitative estimate of drug-likeness (QED) is 0.668. The number of halogens is 1. The molecule has 0 amide bonds. The Morgan fingerprint density at radius 1 is 0.828 bits per heavy atom. The van der Waals surface area contributed by atoms with E-state index in [2.05, 4.69) is 31.6 Å². The van der Waals surface area contributed by atoms with E-state index in [4.69, 9.17) is 11.6 Å². The summed E-state index contributed by atoms with van der Waals surface area (Å²) >= 11 is 5.82. The Labute approximate surface area is 175 Å². The fourth-order valence-electron chi connectivity index (χ4n) is 3.29. The summed E-state index contributed by atoms with van der Waals surface area (Å²) in [5, 5.41) is 0.488. The first kappa shape index (κ1) is 19.5. The number of piperazine rings is 1. The lowest BCUT2D eigenvalue weighted by molar-refractivity contribution is 0.601. The molecule has 1 N–H and O–H groups in total. The van der Waals surface area contributed by atoms with Crippen LogP contribution < -0.4 is 14.5 Å². The van der Waals surface area contributed by atoms with Crippen LogP contribution in [0.15, 0.2) is 77.8 Å². The fraction of sp³-hybridized carbons (Fsp3) is 0.190. The van der Waals surface area contributed by atoms with E-state index >= 15 is 0 Å². The highest BCUT2D eigenvalue weighted by molar-refractivity contribution is 7.92. The molecule has 1 aromatic heterocycles. The van der Waals surface area contributed by atoms with Gasteiger partial charge in [-0.3, -0.25) is 4.72 Å². The normalized spacial score (nSPS) is 14.7. The maximum atomic E-state index is 12.5. The molecule has 1 aliphatic rings. The van der Waals surface area contributed by atoms with Crippen LogP contribution in [0.2, 0.25) is 5.02 Å². The number of pyridine rings is 1. The number of sulfonamides is 1. The molecular formula is C21H21ClN4O2S. The second-order valence-electron chi connectivity index (χ2n) is 6.77. The maximum absolute atomic E-state index is 12.5. The molecule has 8 heteroatoms. The van der Waals surface area contributed by atoms with Crippen molar-refractivity contribution in [1.82, 2.24) is 4.98 Å². The summed E-state index contributed by atoms with van der Waals surface area (Å²) in [6.07, 6.45) is 1.55. The largest absolute Gasteiger partial charge is 0.368 e. The van der Waals surface area contributed by atoms with Gasteiger partial charge in [0, 0.05) is 36.9 Å². The van der Waals surface area contributed by atoms with Crippen molar-refractivity contribution in [2.45, 2.75) is 4.90 Å². The average Bonchev–Trinajstić information content (AvgIpc) is 2.75. The average molecular weight is 429 g/mol. The van der Waals surface area contributed by atoms with Crippen molar-refractivity contribution in [3.63, 3.8) is 0 Å². The van der Waals surface area contributed by atoms with Crippen molar-refractivity contribution in [2.24, 2.45) is 0 Å². The van der Waals surface area contributed by atoms with Gasteiger partial charge in [0.05, 0.1) is 16.8 Å². The molecule has 150 valence electrons. The van der Waals surface area contributed by atoms with Crippen LogP contribution in [-0.4, -0.2) is 39.6 Å². The number of hydrogen-bond acceptors (Lipinski definition) is 5. The molecule has 1 saturated heterocycles. The SMILES string of the molecule is O=S(=O)(Nc1ccc(N2CCN(c3ccccc3)CC2)nc1)c1ccc(Cl)cc1. The lowest BCUT2D eigenvalue weighted by atomic mass is 10.2. The Balaban J connectivity index is 1.39. The first-order valence-corrected chi connectivity index (χ1v) is 11.2. The van der Waals surface area contributed by atoms with Crippen molar-refractivity contribution in [3.8, 4) is 0 Å². The smallest absolute Gasteiger partial charge is 0.261 e. The summed E-state index contributed by atoms with van der Waals surface area (Å²) in [5.74, 6) is 0.840. The van der Waals surface area contributed by atoms with Gasteiger partial charge in [-0.15, -0.1) is 0 Å². The van der Waals surface area contributed by atoms with Gasteiger partial charge in [-0.05, 0) is 48.5 Å². The summed E-state index contributed by atoms with van der Waals surface area (Å²) in [4.78, 5) is 9.16. The minimum absolute atomic E-state index is 0.156. The molecule has 0 saturated carbocycles. The van der Waals surface area contributed by atoms with Gasteiger partial charge in [-0.1, -0.05) is 29.8 Å². The predicted molar refractivity (Wildman–Crippen MR) is 117 cm³/mol. The third kappa shape index (κ3) is 4.63. The minimum atomic E-state index is -3.67. The van der Waals surface area contributed by atoms with Gasteiger partial charge in [0.1, 0.15) is 5.82 Å². The van der Waals surface area contributed by atoms with Gasteiger partial charge in [0.25, 0.3) is 10.0 Å². The molecule has 0 unspecified atom stereocenters. The van der Waals surface area contributed by atoms with Gasteiger partial charge >= 0.3 is 0 Å². The van der Waals surface area contributed by atoms with Crippen LogP contribution >= 0.6 is 11.6 Å². The Hall–Kier alpha value is -2.77. The summed E-state index contributed by atoms with van der Waals surface area (Å²) in [5.41, 5.74) is 1.65. The highest BCUT2D eigenvalue weighted by Gasteiger charge is 2.19. The van der Waals surface area contributed by atoms with E-state index in [1.807, 2.05) is 24.3 Å². The number of rotatable bonds is 5. The molecule has 0 atom stereocenters. The zero-order valence-electron chi connectivity index (χ0n) is 15.7. The van der Waals surface area contributed by atoms with Crippen LogP contribution in [-0.2, 0) is 10.0 Å². The van der Waals surface area contributed by atoms with Gasteiger partial charge in [-0.25, -0.2) is 13.4 Å². The van der Waals surface area contributed by atoms with Gasteiger partial charge in [0.15, 0.2) is 0 Å². The van der Waals surface area contributed by atoms with Crippen LogP contribution in [0.25, 0.3) is 0 Å². The number of aromatic nitrogens is 1. The van der Waals surface area contributed by atoms with E-state index in [-0.39, 0.29) is 4.90 Å². The summed E-state index contributed by atoms with van der Waals surface area (Å²) in [6, 6.07) is 20.0. The molecule has 0 radical (unpaired) electrons. The Kier molecular flexibility index (Phi) is 5.60. The van der Waals surface area contributed by atoms with E-state index in [9.17, 15) is 8.42 Å². The van der Waals surface area contributed by atoms with E-state index in [0.29, 0.717) is 10.7 Å². The first-order chi connectivity index (χ1) is 14.0. The molecule has 1 fully saturated rings. The number of para-hydroxylation sites is 1. The number of nitrogens with zero attached hydrogens (tertiary/aromatic N) is 3. The standard InChI is InChI=1S/C21H21ClN4O2S/c22-17-6-9-20(10-7-17)29(27,28)24-18-8-11-21(23-16-18)26-14-12-25(13-15-26)19-4-2-1-3-5-19/h1-11,16,24H,12-15H2. The molecule has 0 spiro atoms. The van der Waals surface area contributed by atoms with Crippen LogP contribution in [0.5, 0.6) is 0 Å². The van der Waals surface area contributed by atoms with Crippen LogP contribution in [0.3, 0.4) is 0 Å². The molecule has 3 aromatic rings. The third-order valence-electron chi connectivity index (χ3n) is 4.85. The van der Waals surface area contributed by atoms with Crippen LogP contribution in [0.4, 0.5) is 17.2 Å². The Bertz CT molecular complexity index is 1050. The number of benzene rings is 2. The molecular weight excluding hydrogens is 408 g/mol. The number of hydrogen-bond donors (Lipinski definition) is 1. The summed E-state index contributed by atoms with van der Waals surface area (Å²) in [7, 11) is -3.67. The molecule has 1 aliphatic heterocycles. The molecule has 6 nitrogen and oxygen atoms in total. The van der Waals surface area contributed by atoms with Gasteiger partial charge < -0.3 is 9.80 Å². The topological polar surface area (TPSA) is 65.5 Å². The lowest BCUT2D eigenvalue weighted by Gasteiger charge is -2.36.